The second kappa shape index (κ2) is 5.45. The summed E-state index contributed by atoms with van der Waals surface area (Å²) in [6.45, 7) is 1.97. The maximum Gasteiger partial charge on any atom is 0.230 e. The van der Waals surface area contributed by atoms with E-state index < -0.39 is 5.41 Å². The van der Waals surface area contributed by atoms with Crippen molar-refractivity contribution in [3.8, 4) is 0 Å². The monoisotopic (exact) mass is 253 g/mol. The van der Waals surface area contributed by atoms with Gasteiger partial charge in [0, 0.05) is 26.8 Å². The molecule has 7 heteroatoms. The van der Waals surface area contributed by atoms with Gasteiger partial charge in [-0.05, 0) is 12.8 Å². The van der Waals surface area contributed by atoms with Crippen LogP contribution in [0.5, 0.6) is 0 Å². The SMILES string of the molecule is CN(Cc1ncn[nH]1)C(=O)C1(CN)CCOCC1. The summed E-state index contributed by atoms with van der Waals surface area (Å²) in [6.07, 6.45) is 2.80. The molecule has 1 saturated heterocycles. The van der Waals surface area contributed by atoms with Crippen molar-refractivity contribution in [2.75, 3.05) is 26.8 Å². The minimum atomic E-state index is -0.479. The van der Waals surface area contributed by atoms with Gasteiger partial charge in [0.2, 0.25) is 5.91 Å². The predicted molar refractivity (Wildman–Crippen MR) is 64.4 cm³/mol. The lowest BCUT2D eigenvalue weighted by molar-refractivity contribution is -0.146. The van der Waals surface area contributed by atoms with Gasteiger partial charge >= 0.3 is 0 Å². The van der Waals surface area contributed by atoms with E-state index in [1.165, 1.54) is 6.33 Å². The topological polar surface area (TPSA) is 97.1 Å². The standard InChI is InChI=1S/C11H19N5O2/c1-16(6-9-13-8-14-15-9)10(17)11(7-12)2-4-18-5-3-11/h8H,2-7,12H2,1H3,(H,13,14,15). The number of nitrogens with one attached hydrogen (secondary N) is 1. The van der Waals surface area contributed by atoms with Gasteiger partial charge in [-0.3, -0.25) is 9.89 Å². The molecule has 18 heavy (non-hydrogen) atoms. The van der Waals surface area contributed by atoms with Crippen LogP contribution in [0.2, 0.25) is 0 Å². The van der Waals surface area contributed by atoms with Crippen LogP contribution < -0.4 is 5.73 Å². The number of aromatic nitrogens is 3. The van der Waals surface area contributed by atoms with Gasteiger partial charge in [-0.2, -0.15) is 5.10 Å². The number of rotatable bonds is 4. The first-order valence-corrected chi connectivity index (χ1v) is 6.05. The summed E-state index contributed by atoms with van der Waals surface area (Å²) >= 11 is 0. The second-order valence-electron chi connectivity index (χ2n) is 4.69. The van der Waals surface area contributed by atoms with E-state index in [1.807, 2.05) is 0 Å². The Kier molecular flexibility index (Phi) is 3.93. The smallest absolute Gasteiger partial charge is 0.230 e. The molecule has 3 N–H and O–H groups in total. The average molecular weight is 253 g/mol. The Hall–Kier alpha value is -1.47. The predicted octanol–water partition coefficient (Wildman–Crippen LogP) is -0.481. The first-order valence-electron chi connectivity index (χ1n) is 6.05. The van der Waals surface area contributed by atoms with Gasteiger partial charge < -0.3 is 15.4 Å². The summed E-state index contributed by atoms with van der Waals surface area (Å²) in [5.41, 5.74) is 5.33. The molecule has 0 unspecified atom stereocenters. The number of nitrogens with two attached hydrogens (primary N) is 1. The summed E-state index contributed by atoms with van der Waals surface area (Å²) in [5, 5.41) is 6.51. The molecule has 1 amide bonds. The molecule has 1 aromatic rings. The summed E-state index contributed by atoms with van der Waals surface area (Å²) in [4.78, 5) is 18.2. The number of carbonyl (C=O) groups is 1. The molecule has 1 fully saturated rings. The Labute approximate surface area is 106 Å². The molecular formula is C11H19N5O2. The highest BCUT2D eigenvalue weighted by Gasteiger charge is 2.40. The zero-order valence-corrected chi connectivity index (χ0v) is 10.6. The maximum atomic E-state index is 12.5. The van der Waals surface area contributed by atoms with Crippen LogP contribution in [0.15, 0.2) is 6.33 Å². The van der Waals surface area contributed by atoms with E-state index in [0.29, 0.717) is 45.0 Å². The first kappa shape index (κ1) is 13.0. The molecule has 1 aliphatic rings. The zero-order valence-electron chi connectivity index (χ0n) is 10.6. The number of hydrogen-bond acceptors (Lipinski definition) is 5. The Balaban J connectivity index is 2.04. The summed E-state index contributed by atoms with van der Waals surface area (Å²) in [6, 6.07) is 0. The number of nitrogens with zero attached hydrogens (tertiary/aromatic N) is 3. The van der Waals surface area contributed by atoms with Crippen LogP contribution in [0.3, 0.4) is 0 Å². The Morgan fingerprint density at radius 3 is 2.89 bits per heavy atom. The van der Waals surface area contributed by atoms with Gasteiger partial charge in [-0.15, -0.1) is 0 Å². The quantitative estimate of drug-likeness (QED) is 0.755. The second-order valence-corrected chi connectivity index (χ2v) is 4.69. The van der Waals surface area contributed by atoms with Gasteiger partial charge in [0.15, 0.2) is 0 Å². The summed E-state index contributed by atoms with van der Waals surface area (Å²) < 4.78 is 5.31. The fourth-order valence-corrected chi connectivity index (χ4v) is 2.28. The van der Waals surface area contributed by atoms with Gasteiger partial charge in [0.05, 0.1) is 12.0 Å². The van der Waals surface area contributed by atoms with Gasteiger partial charge in [-0.1, -0.05) is 0 Å². The molecule has 100 valence electrons. The fourth-order valence-electron chi connectivity index (χ4n) is 2.28. The van der Waals surface area contributed by atoms with Crippen LogP contribution in [-0.4, -0.2) is 52.8 Å². The third kappa shape index (κ3) is 2.51. The molecule has 0 aromatic carbocycles. The Morgan fingerprint density at radius 1 is 1.61 bits per heavy atom. The van der Waals surface area contributed by atoms with Crippen molar-refractivity contribution in [1.82, 2.24) is 20.1 Å². The van der Waals surface area contributed by atoms with Crippen molar-refractivity contribution in [1.29, 1.82) is 0 Å². The highest BCUT2D eigenvalue weighted by molar-refractivity contribution is 5.82. The number of ether oxygens (including phenoxy) is 1. The summed E-state index contributed by atoms with van der Waals surface area (Å²) in [5.74, 6) is 0.731. The highest BCUT2D eigenvalue weighted by Crippen LogP contribution is 2.31. The first-order chi connectivity index (χ1) is 8.68. The molecular weight excluding hydrogens is 234 g/mol. The largest absolute Gasteiger partial charge is 0.381 e. The third-order valence-corrected chi connectivity index (χ3v) is 3.49. The average Bonchev–Trinajstić information content (AvgIpc) is 2.91. The highest BCUT2D eigenvalue weighted by atomic mass is 16.5. The molecule has 0 aliphatic carbocycles. The third-order valence-electron chi connectivity index (χ3n) is 3.49. The normalized spacial score (nSPS) is 18.6. The minimum Gasteiger partial charge on any atom is -0.381 e. The molecule has 0 radical (unpaired) electrons. The number of carbonyl (C=O) groups excluding carboxylic acids is 1. The molecule has 2 rings (SSSR count). The molecule has 1 aliphatic heterocycles. The van der Waals surface area contributed by atoms with Crippen molar-refractivity contribution < 1.29 is 9.53 Å². The van der Waals surface area contributed by atoms with E-state index >= 15 is 0 Å². The molecule has 0 atom stereocenters. The van der Waals surface area contributed by atoms with Crippen molar-refractivity contribution in [2.45, 2.75) is 19.4 Å². The molecule has 2 heterocycles. The van der Waals surface area contributed by atoms with E-state index in [0.717, 1.165) is 0 Å². The Bertz CT molecular complexity index is 386. The van der Waals surface area contributed by atoms with E-state index in [2.05, 4.69) is 15.2 Å². The number of amides is 1. The molecule has 0 saturated carbocycles. The van der Waals surface area contributed by atoms with Crippen molar-refractivity contribution >= 4 is 5.91 Å². The minimum absolute atomic E-state index is 0.0599. The van der Waals surface area contributed by atoms with E-state index in [1.54, 1.807) is 11.9 Å². The van der Waals surface area contributed by atoms with Crippen LogP contribution in [0.1, 0.15) is 18.7 Å². The van der Waals surface area contributed by atoms with E-state index in [4.69, 9.17) is 10.5 Å². The maximum absolute atomic E-state index is 12.5. The van der Waals surface area contributed by atoms with Crippen molar-refractivity contribution in [3.63, 3.8) is 0 Å². The van der Waals surface area contributed by atoms with Gasteiger partial charge in [0.25, 0.3) is 0 Å². The van der Waals surface area contributed by atoms with E-state index in [-0.39, 0.29) is 5.91 Å². The van der Waals surface area contributed by atoms with Gasteiger partial charge in [-0.25, -0.2) is 4.98 Å². The van der Waals surface area contributed by atoms with Crippen LogP contribution in [0.25, 0.3) is 0 Å². The zero-order chi connectivity index (χ0) is 13.0. The molecule has 1 aromatic heterocycles. The van der Waals surface area contributed by atoms with Crippen LogP contribution in [0, 0.1) is 5.41 Å². The van der Waals surface area contributed by atoms with Crippen LogP contribution in [0.4, 0.5) is 0 Å². The molecule has 0 spiro atoms. The van der Waals surface area contributed by atoms with Crippen LogP contribution >= 0.6 is 0 Å². The van der Waals surface area contributed by atoms with Crippen molar-refractivity contribution in [2.24, 2.45) is 11.1 Å². The fraction of sp³-hybridized carbons (Fsp3) is 0.727. The van der Waals surface area contributed by atoms with E-state index in [9.17, 15) is 4.79 Å². The molecule has 7 nitrogen and oxygen atoms in total. The lowest BCUT2D eigenvalue weighted by atomic mass is 9.79. The van der Waals surface area contributed by atoms with Gasteiger partial charge in [0.1, 0.15) is 12.2 Å². The summed E-state index contributed by atoms with van der Waals surface area (Å²) in [7, 11) is 1.76. The molecule has 0 bridgehead atoms. The number of aromatic amines is 1. The lowest BCUT2D eigenvalue weighted by Crippen LogP contribution is -2.49. The lowest BCUT2D eigenvalue weighted by Gasteiger charge is -2.37. The number of H-pyrrole nitrogens is 1. The number of hydrogen-bond donors (Lipinski definition) is 2. The Morgan fingerprint density at radius 2 is 2.33 bits per heavy atom. The van der Waals surface area contributed by atoms with Crippen molar-refractivity contribution in [3.05, 3.63) is 12.2 Å². The van der Waals surface area contributed by atoms with Crippen LogP contribution in [-0.2, 0) is 16.1 Å².